The fourth-order valence-electron chi connectivity index (χ4n) is 2.89. The Bertz CT molecular complexity index is 488. The van der Waals surface area contributed by atoms with Gasteiger partial charge in [0.1, 0.15) is 0 Å². The van der Waals surface area contributed by atoms with Gasteiger partial charge in [0, 0.05) is 24.3 Å². The van der Waals surface area contributed by atoms with Crippen LogP contribution in [-0.4, -0.2) is 11.6 Å². The third-order valence-corrected chi connectivity index (χ3v) is 3.97. The predicted molar refractivity (Wildman–Crippen MR) is 79.6 cm³/mol. The molecular weight excluding hydrogens is 236 g/mol. The van der Waals surface area contributed by atoms with Crippen molar-refractivity contribution in [1.82, 2.24) is 9.88 Å². The highest BCUT2D eigenvalue weighted by Gasteiger charge is 2.17. The van der Waals surface area contributed by atoms with Crippen LogP contribution in [-0.2, 0) is 25.9 Å². The number of rotatable bonds is 5. The van der Waals surface area contributed by atoms with Crippen LogP contribution in [0.5, 0.6) is 0 Å². The van der Waals surface area contributed by atoms with E-state index in [1.54, 1.807) is 0 Å². The summed E-state index contributed by atoms with van der Waals surface area (Å²) >= 11 is 0. The largest absolute Gasteiger partial charge is 0.315 e. The first-order valence-electron chi connectivity index (χ1n) is 7.52. The Morgan fingerprint density at radius 1 is 1.32 bits per heavy atom. The van der Waals surface area contributed by atoms with Gasteiger partial charge in [-0.15, -0.1) is 0 Å². The molecule has 0 unspecified atom stereocenters. The van der Waals surface area contributed by atoms with Crippen molar-refractivity contribution < 1.29 is 0 Å². The summed E-state index contributed by atoms with van der Waals surface area (Å²) in [4.78, 5) is 12.6. The second-order valence-electron chi connectivity index (χ2n) is 6.02. The third-order valence-electron chi connectivity index (χ3n) is 3.97. The van der Waals surface area contributed by atoms with Crippen molar-refractivity contribution in [3.8, 4) is 0 Å². The second-order valence-corrected chi connectivity index (χ2v) is 6.02. The molecule has 0 aromatic carbocycles. The summed E-state index contributed by atoms with van der Waals surface area (Å²) in [5.41, 5.74) is 3.85. The van der Waals surface area contributed by atoms with E-state index >= 15 is 0 Å². The molecule has 0 amide bonds. The van der Waals surface area contributed by atoms with Crippen molar-refractivity contribution in [3.05, 3.63) is 33.2 Å². The molecule has 1 heterocycles. The molecule has 0 atom stereocenters. The van der Waals surface area contributed by atoms with Crippen LogP contribution in [0.2, 0.25) is 0 Å². The zero-order valence-corrected chi connectivity index (χ0v) is 12.5. The predicted octanol–water partition coefficient (Wildman–Crippen LogP) is 2.49. The molecule has 0 saturated heterocycles. The normalized spacial score (nSPS) is 14.7. The topological polar surface area (TPSA) is 34.0 Å². The van der Waals surface area contributed by atoms with Gasteiger partial charge in [0.2, 0.25) is 0 Å². The molecule has 1 aromatic heterocycles. The zero-order chi connectivity index (χ0) is 13.8. The van der Waals surface area contributed by atoms with Crippen LogP contribution in [0.4, 0.5) is 0 Å². The second kappa shape index (κ2) is 6.38. The van der Waals surface area contributed by atoms with Crippen LogP contribution in [0.3, 0.4) is 0 Å². The number of hydrogen-bond donors (Lipinski definition) is 1. The Labute approximate surface area is 116 Å². The molecule has 106 valence electrons. The van der Waals surface area contributed by atoms with Gasteiger partial charge in [0.05, 0.1) is 0 Å². The molecule has 0 radical (unpaired) electrons. The minimum Gasteiger partial charge on any atom is -0.315 e. The lowest BCUT2D eigenvalue weighted by Gasteiger charge is -2.23. The van der Waals surface area contributed by atoms with E-state index < -0.39 is 0 Å². The highest BCUT2D eigenvalue weighted by molar-refractivity contribution is 5.29. The molecule has 0 bridgehead atoms. The molecule has 0 saturated carbocycles. The lowest BCUT2D eigenvalue weighted by atomic mass is 9.94. The van der Waals surface area contributed by atoms with E-state index in [1.807, 2.05) is 7.05 Å². The lowest BCUT2D eigenvalue weighted by molar-refractivity contribution is 0.481. The Balaban J connectivity index is 2.41. The van der Waals surface area contributed by atoms with Gasteiger partial charge >= 0.3 is 0 Å². The number of nitrogens with one attached hydrogen (secondary N) is 1. The minimum atomic E-state index is 0.218. The van der Waals surface area contributed by atoms with E-state index in [9.17, 15) is 4.79 Å². The zero-order valence-electron chi connectivity index (χ0n) is 12.5. The van der Waals surface area contributed by atoms with E-state index in [-0.39, 0.29) is 5.56 Å². The van der Waals surface area contributed by atoms with Crippen molar-refractivity contribution in [2.45, 2.75) is 59.0 Å². The van der Waals surface area contributed by atoms with Gasteiger partial charge in [0.25, 0.3) is 5.56 Å². The Hall–Kier alpha value is -1.09. The Morgan fingerprint density at radius 3 is 2.74 bits per heavy atom. The number of pyridine rings is 1. The van der Waals surface area contributed by atoms with Crippen LogP contribution in [0.15, 0.2) is 10.9 Å². The van der Waals surface area contributed by atoms with Gasteiger partial charge in [-0.1, -0.05) is 13.8 Å². The smallest absolute Gasteiger partial charge is 0.255 e. The number of hydrogen-bond acceptors (Lipinski definition) is 2. The summed E-state index contributed by atoms with van der Waals surface area (Å²) in [6.45, 7) is 5.98. The van der Waals surface area contributed by atoms with Gasteiger partial charge in [-0.3, -0.25) is 4.79 Å². The van der Waals surface area contributed by atoms with Crippen molar-refractivity contribution in [2.75, 3.05) is 7.05 Å². The summed E-state index contributed by atoms with van der Waals surface area (Å²) in [5, 5.41) is 3.11. The molecule has 0 spiro atoms. The number of fused-ring (bicyclic) bond motifs is 1. The number of aromatic nitrogens is 1. The molecule has 1 N–H and O–H groups in total. The molecule has 2 rings (SSSR count). The van der Waals surface area contributed by atoms with Crippen molar-refractivity contribution in [2.24, 2.45) is 5.92 Å². The molecule has 3 heteroatoms. The first-order chi connectivity index (χ1) is 9.13. The van der Waals surface area contributed by atoms with Gasteiger partial charge < -0.3 is 9.88 Å². The summed E-state index contributed by atoms with van der Waals surface area (Å²) in [7, 11) is 1.90. The van der Waals surface area contributed by atoms with Crippen molar-refractivity contribution in [3.63, 3.8) is 0 Å². The van der Waals surface area contributed by atoms with Crippen LogP contribution < -0.4 is 10.9 Å². The van der Waals surface area contributed by atoms with Crippen LogP contribution in [0.25, 0.3) is 0 Å². The Kier molecular flexibility index (Phi) is 4.81. The average molecular weight is 262 g/mol. The number of nitrogens with zero attached hydrogens (tertiary/aromatic N) is 1. The summed E-state index contributed by atoms with van der Waals surface area (Å²) < 4.78 is 2.06. The Morgan fingerprint density at radius 2 is 2.05 bits per heavy atom. The minimum absolute atomic E-state index is 0.218. The van der Waals surface area contributed by atoms with E-state index in [0.29, 0.717) is 12.5 Å². The first kappa shape index (κ1) is 14.3. The maximum atomic E-state index is 12.6. The molecule has 0 aliphatic heterocycles. The molecule has 1 aliphatic carbocycles. The van der Waals surface area contributed by atoms with E-state index in [4.69, 9.17) is 0 Å². The van der Waals surface area contributed by atoms with E-state index in [2.05, 4.69) is 29.8 Å². The highest BCUT2D eigenvalue weighted by atomic mass is 16.1. The van der Waals surface area contributed by atoms with Crippen LogP contribution >= 0.6 is 0 Å². The molecule has 0 fully saturated rings. The van der Waals surface area contributed by atoms with Gasteiger partial charge in [-0.25, -0.2) is 0 Å². The molecule has 3 nitrogen and oxygen atoms in total. The number of aryl methyl sites for hydroxylation is 1. The SMILES string of the molecule is CNCc1cc2c(n(CCC(C)C)c1=O)CCCC2. The quantitative estimate of drug-likeness (QED) is 0.884. The van der Waals surface area contributed by atoms with Gasteiger partial charge in [-0.05, 0) is 56.7 Å². The lowest BCUT2D eigenvalue weighted by Crippen LogP contribution is -2.31. The van der Waals surface area contributed by atoms with Gasteiger partial charge in [0.15, 0.2) is 0 Å². The average Bonchev–Trinajstić information content (AvgIpc) is 2.39. The molecule has 19 heavy (non-hydrogen) atoms. The monoisotopic (exact) mass is 262 g/mol. The molecule has 1 aromatic rings. The summed E-state index contributed by atoms with van der Waals surface area (Å²) in [6, 6.07) is 2.14. The van der Waals surface area contributed by atoms with E-state index in [0.717, 1.165) is 31.4 Å². The summed E-state index contributed by atoms with van der Waals surface area (Å²) in [5.74, 6) is 0.638. The van der Waals surface area contributed by atoms with Gasteiger partial charge in [-0.2, -0.15) is 0 Å². The van der Waals surface area contributed by atoms with Crippen molar-refractivity contribution in [1.29, 1.82) is 0 Å². The molecule has 1 aliphatic rings. The maximum absolute atomic E-state index is 12.6. The highest BCUT2D eigenvalue weighted by Crippen LogP contribution is 2.21. The van der Waals surface area contributed by atoms with Crippen molar-refractivity contribution >= 4 is 0 Å². The third kappa shape index (κ3) is 3.27. The van der Waals surface area contributed by atoms with Crippen LogP contribution in [0.1, 0.15) is 49.9 Å². The summed E-state index contributed by atoms with van der Waals surface area (Å²) in [6.07, 6.45) is 5.76. The van der Waals surface area contributed by atoms with Crippen LogP contribution in [0, 0.1) is 5.92 Å². The fraction of sp³-hybridized carbons (Fsp3) is 0.688. The fourth-order valence-corrected chi connectivity index (χ4v) is 2.89. The standard InChI is InChI=1S/C16H26N2O/c1-12(2)8-9-18-15-7-5-4-6-13(15)10-14(11-17-3)16(18)19/h10,12,17H,4-9,11H2,1-3H3. The first-order valence-corrected chi connectivity index (χ1v) is 7.52. The maximum Gasteiger partial charge on any atom is 0.255 e. The molecular formula is C16H26N2O. The van der Waals surface area contributed by atoms with E-state index in [1.165, 1.54) is 24.1 Å².